The molecule has 2 aromatic carbocycles. The molecule has 2 aromatic rings. The van der Waals surface area contributed by atoms with E-state index in [1.165, 1.54) is 16.7 Å². The molecule has 2 nitrogen and oxygen atoms in total. The van der Waals surface area contributed by atoms with E-state index in [1.54, 1.807) is 0 Å². The number of fused-ring (bicyclic) bond motifs is 3. The number of hydrogen-bond acceptors (Lipinski definition) is 2. The predicted octanol–water partition coefficient (Wildman–Crippen LogP) is 4.45. The van der Waals surface area contributed by atoms with Crippen molar-refractivity contribution < 1.29 is 10.2 Å². The summed E-state index contributed by atoms with van der Waals surface area (Å²) in [6, 6.07) is 16.4. The summed E-state index contributed by atoms with van der Waals surface area (Å²) in [7, 11) is 0. The van der Waals surface area contributed by atoms with Crippen LogP contribution in [0.4, 0.5) is 0 Å². The van der Waals surface area contributed by atoms with Crippen LogP contribution in [0.2, 0.25) is 0 Å². The molecule has 0 bridgehead atoms. The number of phenolic OH excluding ortho intramolecular Hbond substituents is 1. The van der Waals surface area contributed by atoms with Gasteiger partial charge in [-0.05, 0) is 85.6 Å². The van der Waals surface area contributed by atoms with Gasteiger partial charge in [0.05, 0.1) is 0 Å². The van der Waals surface area contributed by atoms with Crippen molar-refractivity contribution in [3.8, 4) is 17.6 Å². The molecular formula is C24H26O2. The topological polar surface area (TPSA) is 40.5 Å². The zero-order valence-electron chi connectivity index (χ0n) is 15.3. The first kappa shape index (κ1) is 17.2. The number of aliphatic hydroxyl groups is 1. The minimum atomic E-state index is -0.871. The summed E-state index contributed by atoms with van der Waals surface area (Å²) in [4.78, 5) is 0. The summed E-state index contributed by atoms with van der Waals surface area (Å²) in [6.45, 7) is 1.81. The van der Waals surface area contributed by atoms with Crippen molar-refractivity contribution in [2.45, 2.75) is 50.5 Å². The predicted molar refractivity (Wildman–Crippen MR) is 104 cm³/mol. The fourth-order valence-electron chi connectivity index (χ4n) is 5.30. The van der Waals surface area contributed by atoms with Gasteiger partial charge in [-0.1, -0.05) is 42.3 Å². The molecule has 0 radical (unpaired) electrons. The Morgan fingerprint density at radius 1 is 1.12 bits per heavy atom. The average Bonchev–Trinajstić information content (AvgIpc) is 2.62. The van der Waals surface area contributed by atoms with E-state index < -0.39 is 5.60 Å². The van der Waals surface area contributed by atoms with Crippen molar-refractivity contribution in [2.24, 2.45) is 11.8 Å². The van der Waals surface area contributed by atoms with E-state index in [0.29, 0.717) is 29.9 Å². The van der Waals surface area contributed by atoms with Crippen LogP contribution in [-0.2, 0) is 12.8 Å². The molecule has 1 unspecified atom stereocenters. The molecule has 0 saturated heterocycles. The monoisotopic (exact) mass is 346 g/mol. The van der Waals surface area contributed by atoms with Gasteiger partial charge in [-0.25, -0.2) is 0 Å². The highest BCUT2D eigenvalue weighted by Gasteiger charge is 2.46. The Hall–Kier alpha value is -2.24. The second-order valence-electron chi connectivity index (χ2n) is 7.97. The third-order valence-electron chi connectivity index (χ3n) is 6.18. The molecule has 2 aliphatic carbocycles. The second kappa shape index (κ2) is 6.82. The van der Waals surface area contributed by atoms with Gasteiger partial charge in [0.25, 0.3) is 0 Å². The molecule has 1 saturated carbocycles. The molecule has 4 atom stereocenters. The highest BCUT2D eigenvalue weighted by atomic mass is 16.3. The van der Waals surface area contributed by atoms with Crippen LogP contribution in [0.3, 0.4) is 0 Å². The molecule has 0 aromatic heterocycles. The SMILES string of the molecule is CC#C[C@@]1(O)C[C@H]2CCc3cc(O)ccc3C2[C@H](Cc2ccccc2)C1. The zero-order chi connectivity index (χ0) is 18.1. The summed E-state index contributed by atoms with van der Waals surface area (Å²) >= 11 is 0. The molecular weight excluding hydrogens is 320 g/mol. The molecule has 2 aliphatic rings. The lowest BCUT2D eigenvalue weighted by molar-refractivity contribution is -0.00588. The van der Waals surface area contributed by atoms with Crippen LogP contribution in [0.25, 0.3) is 0 Å². The minimum absolute atomic E-state index is 0.352. The summed E-state index contributed by atoms with van der Waals surface area (Å²) in [5, 5.41) is 21.0. The molecule has 134 valence electrons. The van der Waals surface area contributed by atoms with Gasteiger partial charge in [-0.15, -0.1) is 5.92 Å². The molecule has 0 aliphatic heterocycles. The lowest BCUT2D eigenvalue weighted by atomic mass is 9.58. The Morgan fingerprint density at radius 3 is 2.69 bits per heavy atom. The Kier molecular flexibility index (Phi) is 4.51. The van der Waals surface area contributed by atoms with Crippen LogP contribution in [0.1, 0.15) is 48.8 Å². The lowest BCUT2D eigenvalue weighted by Gasteiger charge is -2.47. The van der Waals surface area contributed by atoms with Gasteiger partial charge < -0.3 is 10.2 Å². The Bertz CT molecular complexity index is 846. The van der Waals surface area contributed by atoms with E-state index in [9.17, 15) is 10.2 Å². The lowest BCUT2D eigenvalue weighted by Crippen LogP contribution is -2.44. The van der Waals surface area contributed by atoms with E-state index in [2.05, 4.69) is 42.2 Å². The standard InChI is InChI=1S/C24H26O2/c1-2-12-24(26)15-19-9-8-18-14-21(25)10-11-22(18)23(19)20(16-24)13-17-6-4-3-5-7-17/h3-7,10-11,14,19-20,23,25-26H,8-9,13,15-16H2,1H3/t19-,20-,23?,24-/m1/s1. The van der Waals surface area contributed by atoms with Crippen LogP contribution in [0, 0.1) is 23.7 Å². The van der Waals surface area contributed by atoms with Crippen LogP contribution in [0.5, 0.6) is 5.75 Å². The third kappa shape index (κ3) is 3.24. The molecule has 2 N–H and O–H groups in total. The summed E-state index contributed by atoms with van der Waals surface area (Å²) in [6.07, 6.45) is 4.45. The number of aryl methyl sites for hydroxylation is 1. The van der Waals surface area contributed by atoms with Crippen molar-refractivity contribution in [3.05, 3.63) is 65.2 Å². The van der Waals surface area contributed by atoms with Crippen LogP contribution in [0.15, 0.2) is 48.5 Å². The molecule has 2 heteroatoms. The van der Waals surface area contributed by atoms with E-state index in [4.69, 9.17) is 0 Å². The fraction of sp³-hybridized carbons (Fsp3) is 0.417. The van der Waals surface area contributed by atoms with Crippen molar-refractivity contribution in [1.82, 2.24) is 0 Å². The molecule has 0 spiro atoms. The average molecular weight is 346 g/mol. The molecule has 4 rings (SSSR count). The first-order valence-electron chi connectivity index (χ1n) is 9.60. The van der Waals surface area contributed by atoms with Crippen LogP contribution >= 0.6 is 0 Å². The molecule has 0 amide bonds. The normalized spacial score (nSPS) is 29.8. The number of benzene rings is 2. The highest BCUT2D eigenvalue weighted by Crippen LogP contribution is 2.52. The maximum atomic E-state index is 11.1. The summed E-state index contributed by atoms with van der Waals surface area (Å²) in [5.74, 6) is 7.64. The number of aromatic hydroxyl groups is 1. The number of hydrogen-bond donors (Lipinski definition) is 2. The Balaban J connectivity index is 1.73. The third-order valence-corrected chi connectivity index (χ3v) is 6.18. The first-order valence-corrected chi connectivity index (χ1v) is 9.60. The maximum absolute atomic E-state index is 11.1. The van der Waals surface area contributed by atoms with E-state index in [-0.39, 0.29) is 0 Å². The molecule has 1 fully saturated rings. The Morgan fingerprint density at radius 2 is 1.92 bits per heavy atom. The fourth-order valence-corrected chi connectivity index (χ4v) is 5.30. The highest BCUT2D eigenvalue weighted by molar-refractivity contribution is 5.41. The van der Waals surface area contributed by atoms with Crippen molar-refractivity contribution in [2.75, 3.05) is 0 Å². The molecule has 0 heterocycles. The summed E-state index contributed by atoms with van der Waals surface area (Å²) in [5.41, 5.74) is 3.09. The van der Waals surface area contributed by atoms with E-state index in [0.717, 1.165) is 25.7 Å². The van der Waals surface area contributed by atoms with Gasteiger partial charge in [0.15, 0.2) is 0 Å². The van der Waals surface area contributed by atoms with Crippen LogP contribution in [-0.4, -0.2) is 15.8 Å². The number of phenols is 1. The van der Waals surface area contributed by atoms with Crippen molar-refractivity contribution in [3.63, 3.8) is 0 Å². The Labute approximate surface area is 155 Å². The van der Waals surface area contributed by atoms with Gasteiger partial charge in [0.1, 0.15) is 11.4 Å². The largest absolute Gasteiger partial charge is 0.508 e. The number of rotatable bonds is 2. The smallest absolute Gasteiger partial charge is 0.126 e. The first-order chi connectivity index (χ1) is 12.6. The van der Waals surface area contributed by atoms with Gasteiger partial charge in [0, 0.05) is 0 Å². The minimum Gasteiger partial charge on any atom is -0.508 e. The van der Waals surface area contributed by atoms with Gasteiger partial charge >= 0.3 is 0 Å². The quantitative estimate of drug-likeness (QED) is 0.789. The van der Waals surface area contributed by atoms with Crippen molar-refractivity contribution in [1.29, 1.82) is 0 Å². The maximum Gasteiger partial charge on any atom is 0.126 e. The van der Waals surface area contributed by atoms with Gasteiger partial charge in [-0.3, -0.25) is 0 Å². The van der Waals surface area contributed by atoms with Crippen LogP contribution < -0.4 is 0 Å². The second-order valence-corrected chi connectivity index (χ2v) is 7.97. The van der Waals surface area contributed by atoms with Gasteiger partial charge in [0.2, 0.25) is 0 Å². The van der Waals surface area contributed by atoms with E-state index >= 15 is 0 Å². The molecule has 26 heavy (non-hydrogen) atoms. The summed E-state index contributed by atoms with van der Waals surface area (Å²) < 4.78 is 0. The van der Waals surface area contributed by atoms with Crippen molar-refractivity contribution >= 4 is 0 Å². The zero-order valence-corrected chi connectivity index (χ0v) is 15.3. The van der Waals surface area contributed by atoms with E-state index in [1.807, 2.05) is 25.1 Å². The van der Waals surface area contributed by atoms with Gasteiger partial charge in [-0.2, -0.15) is 0 Å².